The molecule has 2 aromatic rings. The van der Waals surface area contributed by atoms with Crippen LogP contribution in [0.1, 0.15) is 35.5 Å². The SMILES string of the molecule is CC[C@@H](NC(=O)Cc1sc(N)nc1C)c1ccncc1. The first-order valence-electron chi connectivity index (χ1n) is 6.51. The largest absolute Gasteiger partial charge is 0.375 e. The lowest BCUT2D eigenvalue weighted by Gasteiger charge is -2.17. The number of thiazole rings is 1. The molecule has 5 nitrogen and oxygen atoms in total. The molecule has 0 saturated heterocycles. The molecule has 2 aromatic heterocycles. The van der Waals surface area contributed by atoms with Gasteiger partial charge in [0.05, 0.1) is 18.2 Å². The summed E-state index contributed by atoms with van der Waals surface area (Å²) in [5.41, 5.74) is 7.54. The van der Waals surface area contributed by atoms with Gasteiger partial charge in [-0.1, -0.05) is 6.92 Å². The number of pyridine rings is 1. The standard InChI is InChI=1S/C14H18N4OS/c1-3-11(10-4-6-16-7-5-10)18-13(19)8-12-9(2)17-14(15)20-12/h4-7,11H,3,8H2,1-2H3,(H2,15,17)(H,18,19)/t11-/m1/s1. The van der Waals surface area contributed by atoms with Crippen LogP contribution in [0.2, 0.25) is 0 Å². The van der Waals surface area contributed by atoms with Crippen molar-refractivity contribution >= 4 is 22.4 Å². The molecule has 2 rings (SSSR count). The molecule has 3 N–H and O–H groups in total. The molecule has 6 heteroatoms. The summed E-state index contributed by atoms with van der Waals surface area (Å²) in [5.74, 6) is -0.0135. The summed E-state index contributed by atoms with van der Waals surface area (Å²) in [6.07, 6.45) is 4.62. The van der Waals surface area contributed by atoms with Crippen LogP contribution in [0.25, 0.3) is 0 Å². The number of aromatic nitrogens is 2. The molecular formula is C14H18N4OS. The summed E-state index contributed by atoms with van der Waals surface area (Å²) in [6.45, 7) is 3.91. The van der Waals surface area contributed by atoms with Gasteiger partial charge in [-0.2, -0.15) is 0 Å². The van der Waals surface area contributed by atoms with Gasteiger partial charge in [-0.05, 0) is 31.0 Å². The van der Waals surface area contributed by atoms with Gasteiger partial charge in [0.1, 0.15) is 0 Å². The number of anilines is 1. The molecule has 106 valence electrons. The van der Waals surface area contributed by atoms with Crippen LogP contribution in [0.3, 0.4) is 0 Å². The minimum Gasteiger partial charge on any atom is -0.375 e. The van der Waals surface area contributed by atoms with Crippen LogP contribution in [0, 0.1) is 6.92 Å². The van der Waals surface area contributed by atoms with E-state index in [1.165, 1.54) is 11.3 Å². The van der Waals surface area contributed by atoms with Crippen LogP contribution < -0.4 is 11.1 Å². The van der Waals surface area contributed by atoms with E-state index in [1.807, 2.05) is 26.0 Å². The van der Waals surface area contributed by atoms with Crippen molar-refractivity contribution in [2.75, 3.05) is 5.73 Å². The van der Waals surface area contributed by atoms with E-state index >= 15 is 0 Å². The minimum absolute atomic E-state index is 0.0103. The molecular weight excluding hydrogens is 272 g/mol. The molecule has 0 fully saturated rings. The fourth-order valence-electron chi connectivity index (χ4n) is 2.02. The van der Waals surface area contributed by atoms with Gasteiger partial charge in [0.2, 0.25) is 5.91 Å². The van der Waals surface area contributed by atoms with Gasteiger partial charge in [0.15, 0.2) is 5.13 Å². The Kier molecular flexibility index (Phi) is 4.68. The minimum atomic E-state index is -0.0135. The predicted molar refractivity (Wildman–Crippen MR) is 80.4 cm³/mol. The van der Waals surface area contributed by atoms with Crippen molar-refractivity contribution < 1.29 is 4.79 Å². The van der Waals surface area contributed by atoms with E-state index in [4.69, 9.17) is 5.73 Å². The molecule has 1 atom stereocenters. The number of nitrogens with zero attached hydrogens (tertiary/aromatic N) is 2. The number of hydrogen-bond donors (Lipinski definition) is 2. The Morgan fingerprint density at radius 1 is 1.45 bits per heavy atom. The number of carbonyl (C=O) groups excluding carboxylic acids is 1. The molecule has 0 aliphatic rings. The highest BCUT2D eigenvalue weighted by Gasteiger charge is 2.15. The van der Waals surface area contributed by atoms with Crippen LogP contribution in [-0.2, 0) is 11.2 Å². The van der Waals surface area contributed by atoms with E-state index in [-0.39, 0.29) is 11.9 Å². The van der Waals surface area contributed by atoms with E-state index in [0.29, 0.717) is 11.6 Å². The van der Waals surface area contributed by atoms with Crippen LogP contribution in [0.5, 0.6) is 0 Å². The third-order valence-corrected chi connectivity index (χ3v) is 4.07. The summed E-state index contributed by atoms with van der Waals surface area (Å²) < 4.78 is 0. The molecule has 20 heavy (non-hydrogen) atoms. The number of nitrogens with one attached hydrogen (secondary N) is 1. The van der Waals surface area contributed by atoms with Crippen molar-refractivity contribution in [1.29, 1.82) is 0 Å². The van der Waals surface area contributed by atoms with Crippen molar-refractivity contribution in [2.24, 2.45) is 0 Å². The topological polar surface area (TPSA) is 80.9 Å². The molecule has 0 aliphatic heterocycles. The second-order valence-corrected chi connectivity index (χ2v) is 5.66. The molecule has 0 spiro atoms. The van der Waals surface area contributed by atoms with Crippen molar-refractivity contribution in [3.8, 4) is 0 Å². The number of aryl methyl sites for hydroxylation is 1. The Bertz CT molecular complexity index is 582. The van der Waals surface area contributed by atoms with Crippen LogP contribution in [0.4, 0.5) is 5.13 Å². The summed E-state index contributed by atoms with van der Waals surface area (Å²) in [4.78, 5) is 21.2. The molecule has 2 heterocycles. The average molecular weight is 290 g/mol. The van der Waals surface area contributed by atoms with Crippen LogP contribution in [0.15, 0.2) is 24.5 Å². The van der Waals surface area contributed by atoms with E-state index in [1.54, 1.807) is 12.4 Å². The summed E-state index contributed by atoms with van der Waals surface area (Å²) in [7, 11) is 0. The quantitative estimate of drug-likeness (QED) is 0.885. The maximum Gasteiger partial charge on any atom is 0.225 e. The third kappa shape index (κ3) is 3.54. The zero-order valence-corrected chi connectivity index (χ0v) is 12.4. The number of nitrogen functional groups attached to an aromatic ring is 1. The summed E-state index contributed by atoms with van der Waals surface area (Å²) >= 11 is 1.37. The first-order chi connectivity index (χ1) is 9.60. The molecule has 0 unspecified atom stereocenters. The zero-order valence-electron chi connectivity index (χ0n) is 11.6. The lowest BCUT2D eigenvalue weighted by atomic mass is 10.1. The lowest BCUT2D eigenvalue weighted by Crippen LogP contribution is -2.29. The third-order valence-electron chi connectivity index (χ3n) is 3.08. The molecule has 0 aliphatic carbocycles. The monoisotopic (exact) mass is 290 g/mol. The summed E-state index contributed by atoms with van der Waals surface area (Å²) in [6, 6.07) is 3.85. The molecule has 1 amide bonds. The van der Waals surface area contributed by atoms with Gasteiger partial charge in [0, 0.05) is 17.3 Å². The van der Waals surface area contributed by atoms with Crippen molar-refractivity contribution in [3.63, 3.8) is 0 Å². The van der Waals surface area contributed by atoms with Crippen molar-refractivity contribution in [1.82, 2.24) is 15.3 Å². The number of hydrogen-bond acceptors (Lipinski definition) is 5. The normalized spacial score (nSPS) is 12.1. The van der Waals surface area contributed by atoms with E-state index in [9.17, 15) is 4.79 Å². The highest BCUT2D eigenvalue weighted by molar-refractivity contribution is 7.15. The van der Waals surface area contributed by atoms with Gasteiger partial charge < -0.3 is 11.1 Å². The van der Waals surface area contributed by atoms with E-state index in [2.05, 4.69) is 15.3 Å². The van der Waals surface area contributed by atoms with Gasteiger partial charge in [0.25, 0.3) is 0 Å². The number of carbonyl (C=O) groups is 1. The Morgan fingerprint density at radius 3 is 2.70 bits per heavy atom. The maximum absolute atomic E-state index is 12.1. The molecule has 0 saturated carbocycles. The Balaban J connectivity index is 2.01. The molecule has 0 aromatic carbocycles. The molecule has 0 bridgehead atoms. The zero-order chi connectivity index (χ0) is 14.5. The first-order valence-corrected chi connectivity index (χ1v) is 7.32. The van der Waals surface area contributed by atoms with Crippen LogP contribution >= 0.6 is 11.3 Å². The van der Waals surface area contributed by atoms with Gasteiger partial charge in [-0.25, -0.2) is 4.98 Å². The molecule has 0 radical (unpaired) electrons. The fraction of sp³-hybridized carbons (Fsp3) is 0.357. The number of nitrogens with two attached hydrogens (primary N) is 1. The maximum atomic E-state index is 12.1. The summed E-state index contributed by atoms with van der Waals surface area (Å²) in [5, 5.41) is 3.55. The smallest absolute Gasteiger partial charge is 0.225 e. The van der Waals surface area contributed by atoms with Crippen molar-refractivity contribution in [3.05, 3.63) is 40.7 Å². The van der Waals surface area contributed by atoms with Gasteiger partial charge in [-0.15, -0.1) is 11.3 Å². The second kappa shape index (κ2) is 6.47. The number of amides is 1. The fourth-order valence-corrected chi connectivity index (χ4v) is 2.85. The van der Waals surface area contributed by atoms with E-state index in [0.717, 1.165) is 22.6 Å². The highest BCUT2D eigenvalue weighted by Crippen LogP contribution is 2.21. The predicted octanol–water partition coefficient (Wildman–Crippen LogP) is 2.24. The number of rotatable bonds is 5. The first kappa shape index (κ1) is 14.5. The lowest BCUT2D eigenvalue weighted by molar-refractivity contribution is -0.121. The second-order valence-electron chi connectivity index (χ2n) is 4.55. The Labute approximate surface area is 122 Å². The Hall–Kier alpha value is -1.95. The van der Waals surface area contributed by atoms with Gasteiger partial charge in [-0.3, -0.25) is 9.78 Å². The average Bonchev–Trinajstić information content (AvgIpc) is 2.75. The highest BCUT2D eigenvalue weighted by atomic mass is 32.1. The van der Waals surface area contributed by atoms with Gasteiger partial charge >= 0.3 is 0 Å². The Morgan fingerprint density at radius 2 is 2.15 bits per heavy atom. The van der Waals surface area contributed by atoms with E-state index < -0.39 is 0 Å². The van der Waals surface area contributed by atoms with Crippen LogP contribution in [-0.4, -0.2) is 15.9 Å². The van der Waals surface area contributed by atoms with Crippen molar-refractivity contribution in [2.45, 2.75) is 32.7 Å².